The maximum atomic E-state index is 14.1. The van der Waals surface area contributed by atoms with Crippen LogP contribution in [0.15, 0.2) is 77.3 Å². The van der Waals surface area contributed by atoms with Crippen molar-refractivity contribution in [1.29, 1.82) is 0 Å². The summed E-state index contributed by atoms with van der Waals surface area (Å²) in [6.45, 7) is 0. The summed E-state index contributed by atoms with van der Waals surface area (Å²) in [7, 11) is 0. The fourth-order valence-corrected chi connectivity index (χ4v) is 3.73. The van der Waals surface area contributed by atoms with E-state index in [9.17, 15) is 8.78 Å². The summed E-state index contributed by atoms with van der Waals surface area (Å²) in [5.41, 5.74) is 5.58. The van der Waals surface area contributed by atoms with E-state index in [1.54, 1.807) is 0 Å². The Bertz CT molecular complexity index is 1240. The highest BCUT2D eigenvalue weighted by atomic mass is 32.1. The van der Waals surface area contributed by atoms with Crippen LogP contribution in [0.5, 0.6) is 0 Å². The molecule has 0 unspecified atom stereocenters. The Morgan fingerprint density at radius 1 is 0.871 bits per heavy atom. The predicted octanol–water partition coefficient (Wildman–Crippen LogP) is 7.42. The van der Waals surface area contributed by atoms with E-state index >= 15 is 0 Å². The first-order chi connectivity index (χ1) is 15.1. The summed E-state index contributed by atoms with van der Waals surface area (Å²) < 4.78 is 28.0. The molecule has 1 aliphatic rings. The van der Waals surface area contributed by atoms with Gasteiger partial charge in [-0.3, -0.25) is 0 Å². The number of hydrogen-bond donors (Lipinski definition) is 0. The second-order valence-corrected chi connectivity index (χ2v) is 7.62. The van der Waals surface area contributed by atoms with E-state index in [1.165, 1.54) is 30.4 Å². The van der Waals surface area contributed by atoms with Crippen LogP contribution in [0.1, 0.15) is 36.0 Å². The van der Waals surface area contributed by atoms with Crippen molar-refractivity contribution in [3.8, 4) is 23.0 Å². The number of benzene rings is 3. The Morgan fingerprint density at radius 2 is 1.58 bits per heavy atom. The molecule has 0 N–H and O–H groups in total. The Kier molecular flexibility index (Phi) is 6.48. The van der Waals surface area contributed by atoms with Crippen LogP contribution in [0, 0.1) is 23.5 Å². The maximum Gasteiger partial charge on any atom is 0.151 e. The third-order valence-corrected chi connectivity index (χ3v) is 5.37. The molecule has 0 fully saturated rings. The molecular weight excluding hydrogens is 408 g/mol. The normalized spacial score (nSPS) is 12.5. The molecule has 4 rings (SSSR count). The summed E-state index contributed by atoms with van der Waals surface area (Å²) in [5, 5.41) is 2.03. The van der Waals surface area contributed by atoms with Crippen molar-refractivity contribution in [2.75, 3.05) is 0 Å². The van der Waals surface area contributed by atoms with Gasteiger partial charge in [-0.05, 0) is 72.8 Å². The van der Waals surface area contributed by atoms with Crippen LogP contribution in [0.25, 0.3) is 11.1 Å². The molecule has 0 spiro atoms. The van der Waals surface area contributed by atoms with Crippen molar-refractivity contribution < 1.29 is 8.78 Å². The number of hydrogen-bond acceptors (Lipinski definition) is 2. The molecular formula is C27H19F2NS. The molecule has 0 radical (unpaired) electrons. The van der Waals surface area contributed by atoms with Gasteiger partial charge in [-0.25, -0.2) is 8.78 Å². The van der Waals surface area contributed by atoms with Gasteiger partial charge in [0.25, 0.3) is 0 Å². The summed E-state index contributed by atoms with van der Waals surface area (Å²) in [5.74, 6) is 4.22. The lowest BCUT2D eigenvalue weighted by Crippen LogP contribution is -1.88. The molecule has 4 heteroatoms. The van der Waals surface area contributed by atoms with Crippen molar-refractivity contribution in [2.24, 2.45) is 4.99 Å². The first kappa shape index (κ1) is 20.9. The number of rotatable bonds is 4. The average molecular weight is 428 g/mol. The molecule has 0 saturated carbocycles. The molecule has 3 aromatic rings. The monoisotopic (exact) mass is 427 g/mol. The van der Waals surface area contributed by atoms with Gasteiger partial charge in [0.15, 0.2) is 5.82 Å². The van der Waals surface area contributed by atoms with Gasteiger partial charge in [0.2, 0.25) is 0 Å². The molecule has 1 aliphatic carbocycles. The zero-order valence-corrected chi connectivity index (χ0v) is 17.6. The van der Waals surface area contributed by atoms with Gasteiger partial charge in [-0.2, -0.15) is 4.99 Å². The zero-order valence-electron chi connectivity index (χ0n) is 16.8. The van der Waals surface area contributed by atoms with E-state index < -0.39 is 11.6 Å². The zero-order chi connectivity index (χ0) is 21.6. The largest absolute Gasteiger partial charge is 0.206 e. The summed E-state index contributed by atoms with van der Waals surface area (Å²) in [6, 6.07) is 18.3. The number of allylic oxidation sites excluding steroid dienone is 2. The van der Waals surface area contributed by atoms with Gasteiger partial charge in [0, 0.05) is 11.6 Å². The summed E-state index contributed by atoms with van der Waals surface area (Å²) >= 11 is 4.43. The minimum absolute atomic E-state index is 0.0298. The van der Waals surface area contributed by atoms with Gasteiger partial charge in [0.05, 0.1) is 10.7 Å². The molecule has 0 heterocycles. The molecule has 0 amide bonds. The Morgan fingerprint density at radius 3 is 2.23 bits per heavy atom. The molecule has 3 aromatic carbocycles. The van der Waals surface area contributed by atoms with Crippen molar-refractivity contribution in [1.82, 2.24) is 0 Å². The van der Waals surface area contributed by atoms with Gasteiger partial charge in [-0.1, -0.05) is 59.9 Å². The van der Waals surface area contributed by atoms with Crippen LogP contribution in [0.4, 0.5) is 14.5 Å². The molecule has 0 atom stereocenters. The van der Waals surface area contributed by atoms with Crippen molar-refractivity contribution >= 4 is 23.1 Å². The van der Waals surface area contributed by atoms with Crippen molar-refractivity contribution in [3.63, 3.8) is 0 Å². The lowest BCUT2D eigenvalue weighted by molar-refractivity contribution is 0.599. The van der Waals surface area contributed by atoms with Gasteiger partial charge in [-0.15, -0.1) is 0 Å². The van der Waals surface area contributed by atoms with Crippen LogP contribution in [0.3, 0.4) is 0 Å². The van der Waals surface area contributed by atoms with Crippen LogP contribution < -0.4 is 0 Å². The number of thiocarbonyl (C=S) groups is 1. The molecule has 0 aliphatic heterocycles. The Hall–Kier alpha value is -3.38. The minimum Gasteiger partial charge on any atom is -0.206 e. The molecule has 0 bridgehead atoms. The van der Waals surface area contributed by atoms with E-state index in [2.05, 4.69) is 59.4 Å². The van der Waals surface area contributed by atoms with Crippen LogP contribution in [0.2, 0.25) is 0 Å². The van der Waals surface area contributed by atoms with E-state index in [0.29, 0.717) is 5.56 Å². The van der Waals surface area contributed by atoms with Crippen LogP contribution in [-0.4, -0.2) is 5.16 Å². The quantitative estimate of drug-likeness (QED) is 0.183. The number of aliphatic imine (C=N–C) groups is 1. The Balaban J connectivity index is 1.48. The lowest BCUT2D eigenvalue weighted by atomic mass is 9.99. The van der Waals surface area contributed by atoms with E-state index in [4.69, 9.17) is 0 Å². The average Bonchev–Trinajstić information content (AvgIpc) is 3.29. The van der Waals surface area contributed by atoms with Gasteiger partial charge in [0.1, 0.15) is 11.5 Å². The number of halogens is 2. The topological polar surface area (TPSA) is 12.4 Å². The van der Waals surface area contributed by atoms with Gasteiger partial charge < -0.3 is 0 Å². The molecule has 152 valence electrons. The minimum atomic E-state index is -0.689. The lowest BCUT2D eigenvalue weighted by Gasteiger charge is -2.06. The highest BCUT2D eigenvalue weighted by molar-refractivity contribution is 7.78. The SMILES string of the molecule is Fc1cc(N=C=S)c(F)cc1C#Cc1ccc(-c2ccc(CC3=CCCC3)cc2)cc1. The second-order valence-electron chi connectivity index (χ2n) is 7.44. The first-order valence-corrected chi connectivity index (χ1v) is 10.5. The summed E-state index contributed by atoms with van der Waals surface area (Å²) in [4.78, 5) is 3.49. The molecule has 0 saturated heterocycles. The fourth-order valence-electron chi connectivity index (χ4n) is 3.63. The first-order valence-electron chi connectivity index (χ1n) is 10.1. The smallest absolute Gasteiger partial charge is 0.151 e. The van der Waals surface area contributed by atoms with Crippen LogP contribution >= 0.6 is 12.2 Å². The standard InChI is InChI=1S/C27H19F2NS/c28-25-17-27(30-18-31)26(29)16-24(25)14-7-19-5-10-22(11-6-19)23-12-8-21(9-13-23)15-20-3-1-2-4-20/h3,5-6,8-13,16-17H,1-2,4,15H2. The van der Waals surface area contributed by atoms with Crippen molar-refractivity contribution in [2.45, 2.75) is 25.7 Å². The number of isothiocyanates is 1. The van der Waals surface area contributed by atoms with E-state index in [1.807, 2.05) is 29.4 Å². The molecule has 1 nitrogen and oxygen atoms in total. The maximum absolute atomic E-state index is 14.1. The van der Waals surface area contributed by atoms with E-state index in [0.717, 1.165) is 29.7 Å². The van der Waals surface area contributed by atoms with Crippen molar-refractivity contribution in [3.05, 3.63) is 101 Å². The highest BCUT2D eigenvalue weighted by Crippen LogP contribution is 2.25. The third-order valence-electron chi connectivity index (χ3n) is 5.28. The predicted molar refractivity (Wildman–Crippen MR) is 125 cm³/mol. The van der Waals surface area contributed by atoms with Gasteiger partial charge >= 0.3 is 0 Å². The summed E-state index contributed by atoms with van der Waals surface area (Å²) in [6.07, 6.45) is 7.09. The molecule has 0 aromatic heterocycles. The third kappa shape index (κ3) is 5.22. The molecule has 31 heavy (non-hydrogen) atoms. The van der Waals surface area contributed by atoms with Crippen LogP contribution in [-0.2, 0) is 6.42 Å². The number of nitrogens with zero attached hydrogens (tertiary/aromatic N) is 1. The van der Waals surface area contributed by atoms with E-state index in [-0.39, 0.29) is 11.3 Å². The second kappa shape index (κ2) is 9.62. The highest BCUT2D eigenvalue weighted by Gasteiger charge is 2.08. The Labute approximate surface area is 186 Å². The fraction of sp³-hybridized carbons (Fsp3) is 0.148.